The van der Waals surface area contributed by atoms with Gasteiger partial charge in [0.15, 0.2) is 6.10 Å². The van der Waals surface area contributed by atoms with E-state index in [2.05, 4.69) is 23.3 Å². The molecule has 2 aliphatic heterocycles. The smallest absolute Gasteiger partial charge is 0.340 e. The van der Waals surface area contributed by atoms with Crippen molar-refractivity contribution in [1.29, 1.82) is 0 Å². The summed E-state index contributed by atoms with van der Waals surface area (Å²) < 4.78 is 17.5. The predicted octanol–water partition coefficient (Wildman–Crippen LogP) is 5.30. The summed E-state index contributed by atoms with van der Waals surface area (Å²) in [7, 11) is 3.69. The Bertz CT molecular complexity index is 1350. The summed E-state index contributed by atoms with van der Waals surface area (Å²) >= 11 is 0. The molecule has 0 N–H and O–H groups in total. The summed E-state index contributed by atoms with van der Waals surface area (Å²) in [5.41, 5.74) is 5.38. The van der Waals surface area contributed by atoms with Gasteiger partial charge in [-0.3, -0.25) is 4.79 Å². The molecule has 9 heteroatoms. The number of cyclic esters (lactones) is 1. The molecule has 0 radical (unpaired) electrons. The molecule has 2 atom stereocenters. The number of nitrogens with zero attached hydrogens (tertiary/aromatic N) is 2. The van der Waals surface area contributed by atoms with E-state index >= 15 is 0 Å². The van der Waals surface area contributed by atoms with E-state index in [9.17, 15) is 14.4 Å². The minimum atomic E-state index is -0.894. The summed E-state index contributed by atoms with van der Waals surface area (Å²) in [6.45, 7) is 8.58. The zero-order chi connectivity index (χ0) is 27.1. The monoisotopic (exact) mass is 526 g/mol. The maximum absolute atomic E-state index is 13.2. The summed E-state index contributed by atoms with van der Waals surface area (Å²) in [4.78, 5) is 39.7. The quantitative estimate of drug-likeness (QED) is 0.146. The van der Waals surface area contributed by atoms with Crippen LogP contribution in [0.4, 0.5) is 0 Å². The van der Waals surface area contributed by atoms with Gasteiger partial charge < -0.3 is 23.4 Å². The van der Waals surface area contributed by atoms with Gasteiger partial charge >= 0.3 is 5.97 Å². The number of hydrogen-bond donors (Lipinski definition) is 0. The van der Waals surface area contributed by atoms with Gasteiger partial charge in [-0.15, -0.1) is 0 Å². The number of benzene rings is 1. The Kier molecular flexibility index (Phi) is 9.95. The Hall–Kier alpha value is -3.09. The first kappa shape index (κ1) is 28.5. The average Bonchev–Trinajstić information content (AvgIpc) is 3.30. The van der Waals surface area contributed by atoms with Crippen molar-refractivity contribution in [2.45, 2.75) is 72.6 Å². The van der Waals surface area contributed by atoms with Gasteiger partial charge in [0.1, 0.15) is 18.6 Å². The third-order valence-corrected chi connectivity index (χ3v) is 6.70. The molecule has 0 fully saturated rings. The van der Waals surface area contributed by atoms with Gasteiger partial charge in [0.25, 0.3) is 5.56 Å². The Morgan fingerprint density at radius 3 is 2.54 bits per heavy atom. The molecule has 0 saturated heterocycles. The molecule has 37 heavy (non-hydrogen) atoms. The van der Waals surface area contributed by atoms with Crippen LogP contribution in [0.25, 0.3) is 22.3 Å². The molecule has 198 valence electrons. The number of unbranched alkanes of at least 4 members (excludes halogenated alkanes) is 2. The van der Waals surface area contributed by atoms with Crippen molar-refractivity contribution in [3.05, 3.63) is 56.9 Å². The zero-order valence-electron chi connectivity index (χ0n) is 22.1. The molecule has 0 aliphatic carbocycles. The predicted molar refractivity (Wildman–Crippen MR) is 147 cm³/mol. The lowest BCUT2D eigenvalue weighted by molar-refractivity contribution is -0.159. The molecule has 0 saturated carbocycles. The molecule has 3 aromatic rings. The fourth-order valence-corrected chi connectivity index (χ4v) is 4.81. The van der Waals surface area contributed by atoms with E-state index in [1.165, 1.54) is 7.11 Å². The number of esters is 1. The number of aldehydes is 1. The van der Waals surface area contributed by atoms with Crippen LogP contribution in [0.2, 0.25) is 0 Å². The van der Waals surface area contributed by atoms with Crippen LogP contribution in [0, 0.1) is 0 Å². The van der Waals surface area contributed by atoms with E-state index in [1.54, 1.807) is 4.57 Å². The van der Waals surface area contributed by atoms with Gasteiger partial charge in [0.05, 0.1) is 38.5 Å². The van der Waals surface area contributed by atoms with Crippen molar-refractivity contribution in [2.24, 2.45) is 0 Å². The number of aromatic nitrogens is 2. The van der Waals surface area contributed by atoms with E-state index in [0.29, 0.717) is 23.4 Å². The highest BCUT2D eigenvalue weighted by molar-refractivity contribution is 7.10. The molecular weight excluding hydrogens is 491 g/mol. The highest BCUT2D eigenvalue weighted by Crippen LogP contribution is 2.39. The first-order valence-electron chi connectivity index (χ1n) is 12.7. The SMILES string of the molecule is CC.CCCCC=O.CCc1c2c(nc3ccc(OP)cc13)-c1cc3c(c(=O)n1C2)COC(=O)C3OC. The number of fused-ring (bicyclic) bond motifs is 5. The zero-order valence-corrected chi connectivity index (χ0v) is 23.3. The topological polar surface area (TPSA) is 96.7 Å². The fourth-order valence-electron chi connectivity index (χ4n) is 4.66. The number of pyridine rings is 2. The van der Waals surface area contributed by atoms with Crippen molar-refractivity contribution in [3.63, 3.8) is 0 Å². The normalized spacial score (nSPS) is 14.8. The summed E-state index contributed by atoms with van der Waals surface area (Å²) in [5, 5.41) is 1.02. The van der Waals surface area contributed by atoms with Crippen molar-refractivity contribution < 1.29 is 23.6 Å². The lowest BCUT2D eigenvalue weighted by Gasteiger charge is -2.24. The number of hydrogen-bond acceptors (Lipinski definition) is 7. The van der Waals surface area contributed by atoms with Crippen molar-refractivity contribution >= 4 is 32.6 Å². The van der Waals surface area contributed by atoms with Crippen molar-refractivity contribution in [2.75, 3.05) is 7.11 Å². The number of ether oxygens (including phenoxy) is 2. The van der Waals surface area contributed by atoms with Gasteiger partial charge in [-0.25, -0.2) is 9.78 Å². The second-order valence-electron chi connectivity index (χ2n) is 8.45. The summed E-state index contributed by atoms with van der Waals surface area (Å²) in [5.74, 6) is 0.258. The van der Waals surface area contributed by atoms with E-state index in [-0.39, 0.29) is 12.2 Å². The maximum Gasteiger partial charge on any atom is 0.340 e. The van der Waals surface area contributed by atoms with Gasteiger partial charge in [0.2, 0.25) is 0 Å². The lowest BCUT2D eigenvalue weighted by atomic mass is 9.97. The molecule has 0 spiro atoms. The Labute approximate surface area is 219 Å². The number of methoxy groups -OCH3 is 1. The molecule has 2 aliphatic rings. The third kappa shape index (κ3) is 5.46. The third-order valence-electron chi connectivity index (χ3n) is 6.43. The van der Waals surface area contributed by atoms with Crippen LogP contribution in [0.5, 0.6) is 5.75 Å². The van der Waals surface area contributed by atoms with Crippen molar-refractivity contribution in [1.82, 2.24) is 9.55 Å². The number of carbonyl (C=O) groups is 2. The van der Waals surface area contributed by atoms with Crippen LogP contribution >= 0.6 is 9.47 Å². The largest absolute Gasteiger partial charge is 0.480 e. The first-order chi connectivity index (χ1) is 18.0. The Balaban J connectivity index is 0.000000421. The fraction of sp³-hybridized carbons (Fsp3) is 0.429. The van der Waals surface area contributed by atoms with Gasteiger partial charge in [-0.2, -0.15) is 0 Å². The Morgan fingerprint density at radius 2 is 1.95 bits per heavy atom. The first-order valence-corrected chi connectivity index (χ1v) is 13.2. The minimum absolute atomic E-state index is 0.0333. The highest BCUT2D eigenvalue weighted by atomic mass is 31.0. The van der Waals surface area contributed by atoms with Crippen LogP contribution in [-0.4, -0.2) is 28.9 Å². The van der Waals surface area contributed by atoms with E-state index < -0.39 is 12.1 Å². The van der Waals surface area contributed by atoms with Crippen LogP contribution in [0.3, 0.4) is 0 Å². The second kappa shape index (κ2) is 12.9. The van der Waals surface area contributed by atoms with Crippen molar-refractivity contribution in [3.8, 4) is 17.1 Å². The Morgan fingerprint density at radius 1 is 1.19 bits per heavy atom. The summed E-state index contributed by atoms with van der Waals surface area (Å²) in [6, 6.07) is 7.61. The minimum Gasteiger partial charge on any atom is -0.480 e. The molecule has 2 unspecified atom stereocenters. The average molecular weight is 527 g/mol. The van der Waals surface area contributed by atoms with Crippen LogP contribution in [0.1, 0.15) is 75.3 Å². The summed E-state index contributed by atoms with van der Waals surface area (Å²) in [6.07, 6.45) is 3.77. The molecule has 2 aromatic heterocycles. The number of carbonyl (C=O) groups excluding carboxylic acids is 2. The molecule has 0 amide bonds. The van der Waals surface area contributed by atoms with Gasteiger partial charge in [-0.1, -0.05) is 34.1 Å². The number of aryl methyl sites for hydroxylation is 1. The standard InChI is InChI=1S/C21H19N2O5P.C5H10O.C2H6/c1-3-11-12-6-10(28-29)4-5-16(12)22-18-14(11)8-23-17(18)7-13-15(20(23)24)9-27-21(25)19(13)26-2;1-2-3-4-5-6;1-2/h4-7,19H,3,8-9,29H2,1-2H3;5H,2-4H2,1H3;1-2H3. The van der Waals surface area contributed by atoms with E-state index in [4.69, 9.17) is 19.0 Å². The molecule has 0 bridgehead atoms. The second-order valence-corrected chi connectivity index (χ2v) is 8.69. The van der Waals surface area contributed by atoms with Gasteiger partial charge in [0, 0.05) is 30.0 Å². The van der Waals surface area contributed by atoms with E-state index in [0.717, 1.165) is 65.4 Å². The van der Waals surface area contributed by atoms with Crippen LogP contribution < -0.4 is 10.1 Å². The molecule has 1 aromatic carbocycles. The highest BCUT2D eigenvalue weighted by Gasteiger charge is 2.35. The molecule has 5 rings (SSSR count). The van der Waals surface area contributed by atoms with Crippen LogP contribution in [-0.2, 0) is 38.6 Å². The maximum atomic E-state index is 13.2. The van der Waals surface area contributed by atoms with Crippen LogP contribution in [0.15, 0.2) is 29.1 Å². The lowest BCUT2D eigenvalue weighted by Crippen LogP contribution is -2.33. The molecule has 8 nitrogen and oxygen atoms in total. The van der Waals surface area contributed by atoms with E-state index in [1.807, 2.05) is 38.1 Å². The molecular formula is C28H35N2O6P. The number of rotatable bonds is 6. The molecule has 4 heterocycles. The van der Waals surface area contributed by atoms with Gasteiger partial charge in [-0.05, 0) is 42.7 Å².